The lowest BCUT2D eigenvalue weighted by Gasteiger charge is -2.16. The third kappa shape index (κ3) is 2.87. The number of hydrogen-bond acceptors (Lipinski definition) is 2. The lowest BCUT2D eigenvalue weighted by molar-refractivity contribution is 0.756. The smallest absolute Gasteiger partial charge is 0.0648 e. The summed E-state index contributed by atoms with van der Waals surface area (Å²) >= 11 is 9.59. The molecule has 0 saturated carbocycles. The largest absolute Gasteiger partial charge is 0.377 e. The van der Waals surface area contributed by atoms with Crippen LogP contribution < -0.4 is 5.32 Å². The molecule has 0 aliphatic heterocycles. The Balaban J connectivity index is 2.21. The molecule has 1 atom stereocenters. The van der Waals surface area contributed by atoms with E-state index in [0.29, 0.717) is 5.02 Å². The molecule has 0 amide bonds. The fourth-order valence-corrected chi connectivity index (χ4v) is 2.69. The summed E-state index contributed by atoms with van der Waals surface area (Å²) in [5.74, 6) is 0. The molecule has 0 saturated heterocycles. The molecular formula is C13H15BrClN3. The van der Waals surface area contributed by atoms with Gasteiger partial charge in [-0.05, 0) is 32.0 Å². The fraction of sp³-hybridized carbons (Fsp3) is 0.308. The van der Waals surface area contributed by atoms with Crippen molar-refractivity contribution < 1.29 is 0 Å². The molecule has 2 aromatic rings. The van der Waals surface area contributed by atoms with Gasteiger partial charge in [0.15, 0.2) is 0 Å². The van der Waals surface area contributed by atoms with Crippen molar-refractivity contribution in [2.45, 2.75) is 19.9 Å². The Bertz CT molecular complexity index is 565. The van der Waals surface area contributed by atoms with E-state index < -0.39 is 0 Å². The summed E-state index contributed by atoms with van der Waals surface area (Å²) in [5, 5.41) is 8.45. The molecule has 3 nitrogen and oxygen atoms in total. The van der Waals surface area contributed by atoms with Crippen molar-refractivity contribution in [1.29, 1.82) is 0 Å². The van der Waals surface area contributed by atoms with Gasteiger partial charge in [-0.15, -0.1) is 0 Å². The van der Waals surface area contributed by atoms with Gasteiger partial charge in [0.25, 0.3) is 0 Å². The van der Waals surface area contributed by atoms with Crippen LogP contribution in [0.3, 0.4) is 0 Å². The van der Waals surface area contributed by atoms with E-state index in [9.17, 15) is 0 Å². The molecule has 2 rings (SSSR count). The number of aromatic nitrogens is 2. The van der Waals surface area contributed by atoms with Gasteiger partial charge < -0.3 is 5.32 Å². The van der Waals surface area contributed by atoms with Crippen LogP contribution in [-0.2, 0) is 7.05 Å². The molecule has 1 aromatic heterocycles. The minimum Gasteiger partial charge on any atom is -0.377 e. The van der Waals surface area contributed by atoms with Crippen molar-refractivity contribution in [2.75, 3.05) is 5.32 Å². The van der Waals surface area contributed by atoms with Gasteiger partial charge in [0.1, 0.15) is 0 Å². The summed E-state index contributed by atoms with van der Waals surface area (Å²) in [5.41, 5.74) is 3.14. The zero-order valence-electron chi connectivity index (χ0n) is 10.5. The molecule has 0 aliphatic carbocycles. The van der Waals surface area contributed by atoms with E-state index in [0.717, 1.165) is 15.9 Å². The number of nitrogens with zero attached hydrogens (tertiary/aromatic N) is 2. The number of aryl methyl sites for hydroxylation is 2. The Morgan fingerprint density at radius 1 is 1.44 bits per heavy atom. The highest BCUT2D eigenvalue weighted by atomic mass is 79.9. The van der Waals surface area contributed by atoms with Crippen molar-refractivity contribution in [1.82, 2.24) is 9.78 Å². The Labute approximate surface area is 120 Å². The minimum absolute atomic E-state index is 0.164. The monoisotopic (exact) mass is 327 g/mol. The van der Waals surface area contributed by atoms with Gasteiger partial charge in [0, 0.05) is 23.3 Å². The summed E-state index contributed by atoms with van der Waals surface area (Å²) in [4.78, 5) is 0. The lowest BCUT2D eigenvalue weighted by atomic mass is 10.1. The van der Waals surface area contributed by atoms with E-state index in [1.165, 1.54) is 5.56 Å². The van der Waals surface area contributed by atoms with Crippen LogP contribution >= 0.6 is 27.5 Å². The first-order valence-corrected chi connectivity index (χ1v) is 6.86. The number of nitrogens with one attached hydrogen (secondary N) is 1. The topological polar surface area (TPSA) is 29.9 Å². The zero-order chi connectivity index (χ0) is 13.3. The first kappa shape index (κ1) is 13.4. The SMILES string of the molecule is Cc1nn(C)cc1C(C)Nc1ccc(Br)cc1Cl. The van der Waals surface area contributed by atoms with Crippen LogP contribution in [0.1, 0.15) is 24.2 Å². The predicted molar refractivity (Wildman–Crippen MR) is 79.1 cm³/mol. The van der Waals surface area contributed by atoms with Crippen LogP contribution in [0.4, 0.5) is 5.69 Å². The molecule has 0 radical (unpaired) electrons. The highest BCUT2D eigenvalue weighted by Crippen LogP contribution is 2.29. The molecule has 18 heavy (non-hydrogen) atoms. The van der Waals surface area contributed by atoms with E-state index in [1.54, 1.807) is 0 Å². The van der Waals surface area contributed by atoms with Crippen LogP contribution in [0.2, 0.25) is 5.02 Å². The number of benzene rings is 1. The normalized spacial score (nSPS) is 12.5. The molecule has 1 unspecified atom stereocenters. The quantitative estimate of drug-likeness (QED) is 0.909. The third-order valence-corrected chi connectivity index (χ3v) is 3.63. The van der Waals surface area contributed by atoms with Gasteiger partial charge in [-0.1, -0.05) is 27.5 Å². The zero-order valence-corrected chi connectivity index (χ0v) is 12.9. The maximum atomic E-state index is 6.19. The maximum Gasteiger partial charge on any atom is 0.0648 e. The number of hydrogen-bond donors (Lipinski definition) is 1. The molecule has 0 fully saturated rings. The van der Waals surface area contributed by atoms with Gasteiger partial charge in [-0.25, -0.2) is 0 Å². The second-order valence-electron chi connectivity index (χ2n) is 4.33. The highest BCUT2D eigenvalue weighted by Gasteiger charge is 2.12. The molecular weight excluding hydrogens is 314 g/mol. The Morgan fingerprint density at radius 2 is 2.17 bits per heavy atom. The molecule has 0 spiro atoms. The predicted octanol–water partition coefficient (Wildman–Crippen LogP) is 4.32. The first-order chi connectivity index (χ1) is 8.47. The average Bonchev–Trinajstić information content (AvgIpc) is 2.62. The van der Waals surface area contributed by atoms with Gasteiger partial charge in [0.2, 0.25) is 0 Å². The molecule has 1 aromatic carbocycles. The Kier molecular flexibility index (Phi) is 3.97. The molecule has 1 heterocycles. The van der Waals surface area contributed by atoms with Crippen LogP contribution in [0, 0.1) is 6.92 Å². The van der Waals surface area contributed by atoms with Gasteiger partial charge in [-0.3, -0.25) is 4.68 Å². The van der Waals surface area contributed by atoms with Gasteiger partial charge in [0.05, 0.1) is 22.4 Å². The molecule has 0 bridgehead atoms. The number of rotatable bonds is 3. The summed E-state index contributed by atoms with van der Waals surface area (Å²) in [6.45, 7) is 4.11. The number of halogens is 2. The summed E-state index contributed by atoms with van der Waals surface area (Å²) < 4.78 is 2.80. The van der Waals surface area contributed by atoms with Crippen molar-refractivity contribution >= 4 is 33.2 Å². The fourth-order valence-electron chi connectivity index (χ4n) is 1.96. The molecule has 5 heteroatoms. The third-order valence-electron chi connectivity index (χ3n) is 2.82. The second kappa shape index (κ2) is 5.33. The maximum absolute atomic E-state index is 6.19. The van der Waals surface area contributed by atoms with Crippen molar-refractivity contribution in [3.8, 4) is 0 Å². The Morgan fingerprint density at radius 3 is 2.72 bits per heavy atom. The van der Waals surface area contributed by atoms with Crippen LogP contribution in [-0.4, -0.2) is 9.78 Å². The van der Waals surface area contributed by atoms with Crippen LogP contribution in [0.25, 0.3) is 0 Å². The minimum atomic E-state index is 0.164. The highest BCUT2D eigenvalue weighted by molar-refractivity contribution is 9.10. The van der Waals surface area contributed by atoms with Crippen molar-refractivity contribution in [3.63, 3.8) is 0 Å². The second-order valence-corrected chi connectivity index (χ2v) is 5.66. The van der Waals surface area contributed by atoms with E-state index in [-0.39, 0.29) is 6.04 Å². The summed E-state index contributed by atoms with van der Waals surface area (Å²) in [6, 6.07) is 5.98. The first-order valence-electron chi connectivity index (χ1n) is 5.69. The Hall–Kier alpha value is -1.000. The summed E-state index contributed by atoms with van der Waals surface area (Å²) in [7, 11) is 1.93. The average molecular weight is 329 g/mol. The van der Waals surface area contributed by atoms with E-state index in [1.807, 2.05) is 43.0 Å². The molecule has 0 aliphatic rings. The van der Waals surface area contributed by atoms with E-state index >= 15 is 0 Å². The van der Waals surface area contributed by atoms with E-state index in [4.69, 9.17) is 11.6 Å². The molecule has 1 N–H and O–H groups in total. The standard InChI is InChI=1S/C13H15BrClN3/c1-8(11-7-18(3)17-9(11)2)16-13-5-4-10(14)6-12(13)15/h4-8,16H,1-3H3. The number of anilines is 1. The van der Waals surface area contributed by atoms with Crippen LogP contribution in [0.15, 0.2) is 28.9 Å². The van der Waals surface area contributed by atoms with Crippen molar-refractivity contribution in [2.24, 2.45) is 7.05 Å². The molecule has 96 valence electrons. The van der Waals surface area contributed by atoms with Crippen LogP contribution in [0.5, 0.6) is 0 Å². The van der Waals surface area contributed by atoms with Gasteiger partial charge >= 0.3 is 0 Å². The van der Waals surface area contributed by atoms with Crippen molar-refractivity contribution in [3.05, 3.63) is 45.1 Å². The lowest BCUT2D eigenvalue weighted by Crippen LogP contribution is -2.07. The van der Waals surface area contributed by atoms with Gasteiger partial charge in [-0.2, -0.15) is 5.10 Å². The van der Waals surface area contributed by atoms with E-state index in [2.05, 4.69) is 33.3 Å². The summed E-state index contributed by atoms with van der Waals surface area (Å²) in [6.07, 6.45) is 2.03.